The zero-order valence-corrected chi connectivity index (χ0v) is 22.1. The largest absolute Gasteiger partial charge is 0.377 e. The molecule has 9 nitrogen and oxygen atoms in total. The van der Waals surface area contributed by atoms with E-state index in [9.17, 15) is 14.4 Å². The standard InChI is InChI=1S/C27H33N5O4S/c1-3-18(15-28-25(34)23-17(2)29-26(37-23)19-9-13-36-14-10-19)24(33)30-22-21-8-5-4-7-20(21)16-31-11-6-12-32(31)27(22)35/h4-5,7-9,18,22H,3,6,10-16H2,1-2H3,(H,28,34)(H,30,33)/t18-,22+/m1/s1. The van der Waals surface area contributed by atoms with Gasteiger partial charge >= 0.3 is 0 Å². The van der Waals surface area contributed by atoms with Crippen LogP contribution in [0.4, 0.5) is 0 Å². The first-order valence-corrected chi connectivity index (χ1v) is 13.7. The van der Waals surface area contributed by atoms with Crippen molar-refractivity contribution in [1.82, 2.24) is 25.6 Å². The minimum atomic E-state index is -0.740. The predicted octanol–water partition coefficient (Wildman–Crippen LogP) is 2.83. The van der Waals surface area contributed by atoms with Crippen molar-refractivity contribution in [3.63, 3.8) is 0 Å². The number of nitrogens with one attached hydrogen (secondary N) is 2. The van der Waals surface area contributed by atoms with Crippen LogP contribution in [0, 0.1) is 12.8 Å². The molecular formula is C27H33N5O4S. The Hall–Kier alpha value is -3.08. The number of nitrogens with zero attached hydrogens (tertiary/aromatic N) is 3. The van der Waals surface area contributed by atoms with Crippen LogP contribution in [0.25, 0.3) is 5.57 Å². The van der Waals surface area contributed by atoms with E-state index in [1.807, 2.05) is 44.2 Å². The SMILES string of the molecule is CC[C@H](CNC(=O)c1sc(C2=CCOCC2)nc1C)C(=O)N[C@@H]1C(=O)N2CCCN2Cc2ccccc21. The molecule has 0 saturated carbocycles. The summed E-state index contributed by atoms with van der Waals surface area (Å²) < 4.78 is 5.37. The zero-order chi connectivity index (χ0) is 25.9. The molecule has 1 saturated heterocycles. The van der Waals surface area contributed by atoms with Crippen LogP contribution in [0.2, 0.25) is 0 Å². The van der Waals surface area contributed by atoms with Gasteiger partial charge < -0.3 is 15.4 Å². The van der Waals surface area contributed by atoms with Crippen LogP contribution in [0.3, 0.4) is 0 Å². The van der Waals surface area contributed by atoms with Gasteiger partial charge in [0.2, 0.25) is 5.91 Å². The molecule has 196 valence electrons. The third kappa shape index (κ3) is 5.32. The first-order chi connectivity index (χ1) is 18.0. The fraction of sp³-hybridized carbons (Fsp3) is 0.481. The van der Waals surface area contributed by atoms with Gasteiger partial charge in [-0.25, -0.2) is 9.99 Å². The van der Waals surface area contributed by atoms with Crippen molar-refractivity contribution in [1.29, 1.82) is 0 Å². The highest BCUT2D eigenvalue weighted by Crippen LogP contribution is 2.30. The summed E-state index contributed by atoms with van der Waals surface area (Å²) in [5.41, 5.74) is 3.67. The maximum absolute atomic E-state index is 13.4. The van der Waals surface area contributed by atoms with Gasteiger partial charge in [-0.3, -0.25) is 19.4 Å². The number of carbonyl (C=O) groups excluding carboxylic acids is 3. The van der Waals surface area contributed by atoms with Crippen LogP contribution in [-0.2, 0) is 20.9 Å². The molecule has 1 aromatic heterocycles. The van der Waals surface area contributed by atoms with Crippen molar-refractivity contribution in [3.8, 4) is 0 Å². The molecule has 37 heavy (non-hydrogen) atoms. The average molecular weight is 524 g/mol. The van der Waals surface area contributed by atoms with Crippen LogP contribution >= 0.6 is 11.3 Å². The highest BCUT2D eigenvalue weighted by Gasteiger charge is 2.38. The molecule has 0 aliphatic carbocycles. The van der Waals surface area contributed by atoms with Crippen molar-refractivity contribution in [2.75, 3.05) is 32.8 Å². The Morgan fingerprint density at radius 3 is 2.89 bits per heavy atom. The Morgan fingerprint density at radius 2 is 2.11 bits per heavy atom. The molecule has 3 amide bonds. The molecule has 2 N–H and O–H groups in total. The lowest BCUT2D eigenvalue weighted by atomic mass is 9.98. The molecular weight excluding hydrogens is 490 g/mol. The van der Waals surface area contributed by atoms with Crippen LogP contribution in [-0.4, -0.2) is 65.6 Å². The molecule has 4 heterocycles. The summed E-state index contributed by atoms with van der Waals surface area (Å²) in [7, 11) is 0. The lowest BCUT2D eigenvalue weighted by molar-refractivity contribution is -0.148. The quantitative estimate of drug-likeness (QED) is 0.579. The second-order valence-corrected chi connectivity index (χ2v) is 10.6. The fourth-order valence-corrected chi connectivity index (χ4v) is 6.15. The number of fused-ring (bicyclic) bond motifs is 2. The second-order valence-electron chi connectivity index (χ2n) is 9.65. The minimum Gasteiger partial charge on any atom is -0.377 e. The lowest BCUT2D eigenvalue weighted by Crippen LogP contribution is -2.47. The number of aromatic nitrogens is 1. The van der Waals surface area contributed by atoms with Crippen LogP contribution in [0.5, 0.6) is 0 Å². The van der Waals surface area contributed by atoms with Gasteiger partial charge in [0.05, 0.1) is 24.8 Å². The summed E-state index contributed by atoms with van der Waals surface area (Å²) in [6, 6.07) is 7.06. The van der Waals surface area contributed by atoms with Gasteiger partial charge in [0.1, 0.15) is 15.9 Å². The molecule has 1 aromatic carbocycles. The van der Waals surface area contributed by atoms with E-state index < -0.39 is 12.0 Å². The highest BCUT2D eigenvalue weighted by atomic mass is 32.1. The zero-order valence-electron chi connectivity index (χ0n) is 21.3. The van der Waals surface area contributed by atoms with E-state index >= 15 is 0 Å². The summed E-state index contributed by atoms with van der Waals surface area (Å²) >= 11 is 1.37. The monoisotopic (exact) mass is 523 g/mol. The summed E-state index contributed by atoms with van der Waals surface area (Å²) in [6.07, 6.45) is 4.24. The number of rotatable bonds is 7. The average Bonchev–Trinajstić information content (AvgIpc) is 3.52. The van der Waals surface area contributed by atoms with E-state index in [0.717, 1.165) is 41.1 Å². The third-order valence-electron chi connectivity index (χ3n) is 7.25. The van der Waals surface area contributed by atoms with E-state index in [1.54, 1.807) is 5.01 Å². The number of ether oxygens (including phenoxy) is 1. The highest BCUT2D eigenvalue weighted by molar-refractivity contribution is 7.14. The first kappa shape index (κ1) is 25.6. The maximum Gasteiger partial charge on any atom is 0.264 e. The Labute approximate surface area is 220 Å². The molecule has 0 radical (unpaired) electrons. The van der Waals surface area contributed by atoms with Crippen LogP contribution < -0.4 is 10.6 Å². The molecule has 10 heteroatoms. The molecule has 5 rings (SSSR count). The topological polar surface area (TPSA) is 104 Å². The summed E-state index contributed by atoms with van der Waals surface area (Å²) in [5, 5.41) is 10.6. The minimum absolute atomic E-state index is 0.107. The summed E-state index contributed by atoms with van der Waals surface area (Å²) in [5.74, 6) is -1.04. The molecule has 0 bridgehead atoms. The van der Waals surface area contributed by atoms with Crippen molar-refractivity contribution < 1.29 is 19.1 Å². The third-order valence-corrected chi connectivity index (χ3v) is 8.48. The number of hydrogen-bond donors (Lipinski definition) is 2. The van der Waals surface area contributed by atoms with Crippen molar-refractivity contribution in [2.45, 2.75) is 45.7 Å². The Balaban J connectivity index is 1.26. The fourth-order valence-electron chi connectivity index (χ4n) is 5.10. The Bertz CT molecular complexity index is 1230. The molecule has 2 aromatic rings. The van der Waals surface area contributed by atoms with Gasteiger partial charge in [-0.1, -0.05) is 37.3 Å². The second kappa shape index (κ2) is 11.1. The van der Waals surface area contributed by atoms with E-state index in [4.69, 9.17) is 4.74 Å². The predicted molar refractivity (Wildman–Crippen MR) is 140 cm³/mol. The summed E-state index contributed by atoms with van der Waals surface area (Å²) in [6.45, 7) is 7.28. The van der Waals surface area contributed by atoms with Gasteiger partial charge in [0, 0.05) is 26.2 Å². The molecule has 0 spiro atoms. The number of aryl methyl sites for hydroxylation is 1. The number of hydrogen-bond acceptors (Lipinski definition) is 7. The van der Waals surface area contributed by atoms with Crippen LogP contribution in [0.1, 0.15) is 63.7 Å². The number of amides is 3. The van der Waals surface area contributed by atoms with Crippen LogP contribution in [0.15, 0.2) is 30.3 Å². The summed E-state index contributed by atoms with van der Waals surface area (Å²) in [4.78, 5) is 44.9. The van der Waals surface area contributed by atoms with Gasteiger partial charge in [-0.15, -0.1) is 11.3 Å². The number of hydrazine groups is 1. The van der Waals surface area contributed by atoms with E-state index in [2.05, 4.69) is 20.6 Å². The van der Waals surface area contributed by atoms with Crippen molar-refractivity contribution in [3.05, 3.63) is 57.0 Å². The van der Waals surface area contributed by atoms with Crippen molar-refractivity contribution in [2.24, 2.45) is 5.92 Å². The number of benzene rings is 1. The smallest absolute Gasteiger partial charge is 0.264 e. The lowest BCUT2D eigenvalue weighted by Gasteiger charge is -2.28. The van der Waals surface area contributed by atoms with Gasteiger partial charge in [0.15, 0.2) is 0 Å². The van der Waals surface area contributed by atoms with E-state index in [0.29, 0.717) is 43.3 Å². The van der Waals surface area contributed by atoms with E-state index in [-0.39, 0.29) is 24.3 Å². The van der Waals surface area contributed by atoms with E-state index in [1.165, 1.54) is 11.3 Å². The van der Waals surface area contributed by atoms with Gasteiger partial charge in [-0.2, -0.15) is 0 Å². The molecule has 3 aliphatic rings. The Kier molecular flexibility index (Phi) is 7.68. The van der Waals surface area contributed by atoms with Gasteiger partial charge in [-0.05, 0) is 42.9 Å². The first-order valence-electron chi connectivity index (χ1n) is 12.9. The molecule has 1 fully saturated rings. The van der Waals surface area contributed by atoms with Gasteiger partial charge in [0.25, 0.3) is 11.8 Å². The normalized spacial score (nSPS) is 20.5. The van der Waals surface area contributed by atoms with Crippen molar-refractivity contribution >= 4 is 34.6 Å². The molecule has 3 aliphatic heterocycles. The molecule has 2 atom stereocenters. The number of thiazole rings is 1. The molecule has 0 unspecified atom stereocenters. The maximum atomic E-state index is 13.4. The number of carbonyl (C=O) groups is 3. The Morgan fingerprint density at radius 1 is 1.27 bits per heavy atom.